The lowest BCUT2D eigenvalue weighted by Crippen LogP contribution is -2.50. The normalized spacial score (nSPS) is 25.2. The molecule has 0 amide bonds. The van der Waals surface area contributed by atoms with Crippen molar-refractivity contribution < 1.29 is 65.8 Å². The Kier molecular flexibility index (Phi) is 17.9. The summed E-state index contributed by atoms with van der Waals surface area (Å²) in [6, 6.07) is 22.1. The van der Waals surface area contributed by atoms with E-state index in [9.17, 15) is 46.9 Å². The molecule has 4 aromatic rings. The number of ether oxygens (including phenoxy) is 4. The van der Waals surface area contributed by atoms with Crippen molar-refractivity contribution in [3.63, 3.8) is 0 Å². The number of carboxylic acid groups (broad SMARTS) is 2. The number of carbonyl (C=O) groups is 2. The molecule has 0 radical (unpaired) electrons. The van der Waals surface area contributed by atoms with Gasteiger partial charge in [-0.25, -0.2) is 36.7 Å². The van der Waals surface area contributed by atoms with Crippen molar-refractivity contribution >= 4 is 66.6 Å². The summed E-state index contributed by atoms with van der Waals surface area (Å²) in [5.41, 5.74) is 6.22. The zero-order chi connectivity index (χ0) is 55.6. The maximum absolute atomic E-state index is 11.8. The third-order valence-corrected chi connectivity index (χ3v) is 19.0. The fourth-order valence-corrected chi connectivity index (χ4v) is 13.8. The first kappa shape index (κ1) is 57.9. The number of rotatable bonds is 18. The summed E-state index contributed by atoms with van der Waals surface area (Å²) in [5.74, 6) is -0.977. The maximum atomic E-state index is 11.8. The standard InChI is InChI=1S/2C28H35ClN2O7S/c2*29-21-5-7-23-18(12-21)2-1-9-28(23)16-31(24-13-19(27(33)34)4-8-26(24)38-17-28)14-20-3-6-22(20)25(32)15-37-10-11-39(30,35)36/h2*4-5,7-8,12-13,20,22,25,32H,1-3,6,9-11,14-17H2,(H,33,34)(H2,30,35,36)/t20-,22+,25+,28-;20-,22+,25-,28-/m00/s1. The molecule has 0 saturated heterocycles. The van der Waals surface area contributed by atoms with Crippen LogP contribution in [0.5, 0.6) is 11.5 Å². The number of aromatic carboxylic acids is 2. The molecular formula is C56H70Cl2N4O14S2. The van der Waals surface area contributed by atoms with Crippen LogP contribution in [0.2, 0.25) is 10.0 Å². The second-order valence-corrected chi connectivity index (χ2v) is 26.5. The van der Waals surface area contributed by atoms with Gasteiger partial charge in [0.25, 0.3) is 0 Å². The molecular weight excluding hydrogens is 1090 g/mol. The van der Waals surface area contributed by atoms with E-state index in [4.69, 9.17) is 52.4 Å². The minimum atomic E-state index is -3.62. The average molecular weight is 1160 g/mol. The zero-order valence-electron chi connectivity index (χ0n) is 43.4. The van der Waals surface area contributed by atoms with E-state index in [-0.39, 0.29) is 83.6 Å². The van der Waals surface area contributed by atoms with E-state index in [1.54, 1.807) is 36.4 Å². The minimum absolute atomic E-state index is 0.0110. The molecule has 10 rings (SSSR count). The Bertz CT molecular complexity index is 2880. The maximum Gasteiger partial charge on any atom is 0.335 e. The molecule has 0 bridgehead atoms. The van der Waals surface area contributed by atoms with Crippen molar-refractivity contribution in [2.75, 3.05) is 87.1 Å². The number of benzene rings is 4. The second kappa shape index (κ2) is 24.2. The first-order valence-electron chi connectivity index (χ1n) is 26.7. The van der Waals surface area contributed by atoms with Crippen LogP contribution in [0.4, 0.5) is 11.4 Å². The number of hydrogen-bond donors (Lipinski definition) is 6. The van der Waals surface area contributed by atoms with Gasteiger partial charge in [-0.3, -0.25) is 0 Å². The molecule has 0 aromatic heterocycles. The zero-order valence-corrected chi connectivity index (χ0v) is 46.6. The van der Waals surface area contributed by atoms with Gasteiger partial charge in [0.15, 0.2) is 0 Å². The Labute approximate surface area is 466 Å². The van der Waals surface area contributed by atoms with Gasteiger partial charge >= 0.3 is 11.9 Å². The topological polar surface area (TPSA) is 279 Å². The van der Waals surface area contributed by atoms with Crippen molar-refractivity contribution in [3.8, 4) is 11.5 Å². The number of sulfonamides is 2. The van der Waals surface area contributed by atoms with Crippen molar-refractivity contribution in [3.05, 3.63) is 116 Å². The molecule has 2 spiro atoms. The Morgan fingerprint density at radius 3 is 1.40 bits per heavy atom. The van der Waals surface area contributed by atoms with E-state index in [2.05, 4.69) is 21.9 Å². The third-order valence-electron chi connectivity index (χ3n) is 17.0. The summed E-state index contributed by atoms with van der Waals surface area (Å²) in [4.78, 5) is 28.1. The van der Waals surface area contributed by atoms with Crippen molar-refractivity contribution in [1.82, 2.24) is 0 Å². The molecule has 2 saturated carbocycles. The van der Waals surface area contributed by atoms with Crippen LogP contribution in [-0.4, -0.2) is 139 Å². The van der Waals surface area contributed by atoms with Crippen LogP contribution in [0, 0.1) is 23.7 Å². The predicted molar refractivity (Wildman–Crippen MR) is 296 cm³/mol. The smallest absolute Gasteiger partial charge is 0.335 e. The van der Waals surface area contributed by atoms with Crippen LogP contribution in [0.3, 0.4) is 0 Å². The highest BCUT2D eigenvalue weighted by Gasteiger charge is 2.46. The average Bonchev–Trinajstić information content (AvgIpc) is 3.61. The van der Waals surface area contributed by atoms with Gasteiger partial charge in [0, 0.05) is 47.1 Å². The summed E-state index contributed by atoms with van der Waals surface area (Å²) in [6.45, 7) is 3.48. The highest BCUT2D eigenvalue weighted by Crippen LogP contribution is 2.49. The Balaban J connectivity index is 0.000000190. The number of hydrogen-bond acceptors (Lipinski definition) is 14. The third kappa shape index (κ3) is 13.5. The Hall–Kier alpha value is -4.74. The molecule has 2 aliphatic heterocycles. The van der Waals surface area contributed by atoms with E-state index in [1.165, 1.54) is 22.3 Å². The molecule has 0 unspecified atom stereocenters. The molecule has 2 fully saturated rings. The summed E-state index contributed by atoms with van der Waals surface area (Å²) in [5, 5.41) is 52.5. The van der Waals surface area contributed by atoms with E-state index in [0.717, 1.165) is 75.6 Å². The number of carboxylic acids is 2. The van der Waals surface area contributed by atoms with E-state index >= 15 is 0 Å². The SMILES string of the molecule is NS(=O)(=O)CCOC[C@@H](O)[C@@H]1CC[C@H]1CN1C[C@@]2(CCCc3cc(Cl)ccc32)COc2ccc(C(=O)O)cc21.NS(=O)(=O)CCOC[C@H](O)[C@@H]1CC[C@H]1CN1C[C@@]2(CCCc3cc(Cl)ccc32)COc2ccc(C(=O)O)cc21. The Morgan fingerprint density at radius 1 is 0.628 bits per heavy atom. The van der Waals surface area contributed by atoms with Crippen molar-refractivity contribution in [1.29, 1.82) is 0 Å². The van der Waals surface area contributed by atoms with Crippen LogP contribution in [0.15, 0.2) is 72.8 Å². The summed E-state index contributed by atoms with van der Waals surface area (Å²) in [7, 11) is -7.23. The molecule has 8 atom stereocenters. The summed E-state index contributed by atoms with van der Waals surface area (Å²) < 4.78 is 68.2. The van der Waals surface area contributed by atoms with Gasteiger partial charge < -0.3 is 49.2 Å². The van der Waals surface area contributed by atoms with Gasteiger partial charge in [-0.1, -0.05) is 35.3 Å². The molecule has 18 nitrogen and oxygen atoms in total. The molecule has 8 N–H and O–H groups in total. The molecule has 424 valence electrons. The number of anilines is 2. The second-order valence-electron chi connectivity index (χ2n) is 22.2. The number of aliphatic hydroxyl groups excluding tert-OH is 2. The van der Waals surface area contributed by atoms with Gasteiger partial charge in [-0.2, -0.15) is 0 Å². The molecule has 4 aliphatic carbocycles. The summed E-state index contributed by atoms with van der Waals surface area (Å²) >= 11 is 12.7. The van der Waals surface area contributed by atoms with Gasteiger partial charge in [-0.05, 0) is 171 Å². The highest BCUT2D eigenvalue weighted by atomic mass is 35.5. The van der Waals surface area contributed by atoms with Crippen molar-refractivity contribution in [2.45, 2.75) is 87.2 Å². The van der Waals surface area contributed by atoms with Crippen LogP contribution in [-0.2, 0) is 53.2 Å². The lowest BCUT2D eigenvalue weighted by molar-refractivity contribution is -0.0392. The largest absolute Gasteiger partial charge is 0.490 e. The number of nitrogens with two attached hydrogens (primary N) is 2. The molecule has 4 aromatic carbocycles. The first-order chi connectivity index (χ1) is 37.1. The Morgan fingerprint density at radius 2 is 1.04 bits per heavy atom. The van der Waals surface area contributed by atoms with Gasteiger partial charge in [0.1, 0.15) is 11.5 Å². The molecule has 78 heavy (non-hydrogen) atoms. The van der Waals surface area contributed by atoms with E-state index in [0.29, 0.717) is 60.9 Å². The van der Waals surface area contributed by atoms with Crippen LogP contribution >= 0.6 is 23.2 Å². The van der Waals surface area contributed by atoms with Crippen LogP contribution in [0.25, 0.3) is 0 Å². The fraction of sp³-hybridized carbons (Fsp3) is 0.536. The first-order valence-corrected chi connectivity index (χ1v) is 30.9. The number of primary sulfonamides is 2. The monoisotopic (exact) mass is 1160 g/mol. The van der Waals surface area contributed by atoms with Gasteiger partial charge in [0.05, 0.1) is 85.9 Å². The quantitative estimate of drug-likeness (QED) is 0.0588. The molecule has 6 aliphatic rings. The minimum Gasteiger partial charge on any atom is -0.490 e. The van der Waals surface area contributed by atoms with Gasteiger partial charge in [-0.15, -0.1) is 0 Å². The van der Waals surface area contributed by atoms with Crippen LogP contribution < -0.4 is 29.6 Å². The predicted octanol–water partition coefficient (Wildman–Crippen LogP) is 6.41. The molecule has 22 heteroatoms. The number of aliphatic hydroxyl groups is 2. The number of fused-ring (bicyclic) bond motifs is 6. The van der Waals surface area contributed by atoms with E-state index < -0.39 is 44.2 Å². The van der Waals surface area contributed by atoms with E-state index in [1.807, 2.05) is 24.3 Å². The highest BCUT2D eigenvalue weighted by molar-refractivity contribution is 7.89. The lowest BCUT2D eigenvalue weighted by Gasteiger charge is -2.45. The number of aryl methyl sites for hydroxylation is 2. The molecule has 2 heterocycles. The number of halogens is 2. The number of nitrogens with zero attached hydrogens (tertiary/aromatic N) is 2. The van der Waals surface area contributed by atoms with Crippen LogP contribution in [0.1, 0.15) is 94.3 Å². The fourth-order valence-electron chi connectivity index (χ4n) is 12.7. The summed E-state index contributed by atoms with van der Waals surface area (Å²) in [6.07, 6.45) is 7.83. The lowest BCUT2D eigenvalue weighted by atomic mass is 9.68. The van der Waals surface area contributed by atoms with Crippen molar-refractivity contribution in [2.24, 2.45) is 33.9 Å². The van der Waals surface area contributed by atoms with Gasteiger partial charge in [0.2, 0.25) is 20.0 Å².